The van der Waals surface area contributed by atoms with E-state index in [9.17, 15) is 0 Å². The molecule has 0 spiro atoms. The van der Waals surface area contributed by atoms with Gasteiger partial charge in [-0.3, -0.25) is 0 Å². The molecule has 142 valence electrons. The SMILES string of the molecule is C=C/C=C(\C=C/c1ccc2c3ccccc3c3ccccc3c2c1)c1ccccc1. The minimum atomic E-state index is 1.15. The third-order valence-electron chi connectivity index (χ3n) is 5.63. The molecule has 0 saturated heterocycles. The fourth-order valence-corrected chi connectivity index (χ4v) is 4.22. The zero-order valence-electron chi connectivity index (χ0n) is 16.8. The standard InChI is InChI=1S/C30H22/c1-2-10-23(24-11-4-3-5-12-24)19-17-22-18-20-29-27-15-7-6-13-25(27)26-14-8-9-16-28(26)30(29)21-22/h2-21H,1H2/b19-17-,23-10+. The highest BCUT2D eigenvalue weighted by atomic mass is 14.1. The van der Waals surface area contributed by atoms with Crippen LogP contribution >= 0.6 is 0 Å². The number of benzene rings is 5. The third-order valence-corrected chi connectivity index (χ3v) is 5.63. The molecule has 0 fully saturated rings. The van der Waals surface area contributed by atoms with E-state index in [1.807, 2.05) is 12.1 Å². The van der Waals surface area contributed by atoms with Crippen LogP contribution in [-0.2, 0) is 0 Å². The Bertz CT molecular complexity index is 1400. The molecule has 0 aliphatic carbocycles. The summed E-state index contributed by atoms with van der Waals surface area (Å²) in [5.74, 6) is 0. The molecule has 0 aromatic heterocycles. The molecule has 0 amide bonds. The highest BCUT2D eigenvalue weighted by Crippen LogP contribution is 2.35. The van der Waals surface area contributed by atoms with Crippen molar-refractivity contribution < 1.29 is 0 Å². The molecule has 30 heavy (non-hydrogen) atoms. The quantitative estimate of drug-likeness (QED) is 0.216. The summed E-state index contributed by atoms with van der Waals surface area (Å²) in [5, 5.41) is 7.80. The van der Waals surface area contributed by atoms with Crippen molar-refractivity contribution in [1.82, 2.24) is 0 Å². The van der Waals surface area contributed by atoms with Gasteiger partial charge < -0.3 is 0 Å². The lowest BCUT2D eigenvalue weighted by Gasteiger charge is -2.11. The zero-order valence-corrected chi connectivity index (χ0v) is 16.8. The Morgan fingerprint density at radius 1 is 0.567 bits per heavy atom. The summed E-state index contributed by atoms with van der Waals surface area (Å²) in [4.78, 5) is 0. The summed E-state index contributed by atoms with van der Waals surface area (Å²) in [5.41, 5.74) is 3.52. The minimum Gasteiger partial charge on any atom is -0.0990 e. The first-order valence-corrected chi connectivity index (χ1v) is 10.2. The van der Waals surface area contributed by atoms with E-state index in [0.717, 1.165) is 5.57 Å². The fourth-order valence-electron chi connectivity index (χ4n) is 4.22. The Balaban J connectivity index is 1.68. The summed E-state index contributed by atoms with van der Waals surface area (Å²) >= 11 is 0. The first-order valence-electron chi connectivity index (χ1n) is 10.2. The predicted octanol–water partition coefficient (Wildman–Crippen LogP) is 8.43. The van der Waals surface area contributed by atoms with Crippen molar-refractivity contribution in [3.63, 3.8) is 0 Å². The van der Waals surface area contributed by atoms with Gasteiger partial charge in [0.15, 0.2) is 0 Å². The summed E-state index contributed by atoms with van der Waals surface area (Å²) in [6.07, 6.45) is 8.25. The molecule has 5 rings (SSSR count). The summed E-state index contributed by atoms with van der Waals surface area (Å²) in [7, 11) is 0. The Morgan fingerprint density at radius 2 is 1.10 bits per heavy atom. The van der Waals surface area contributed by atoms with Gasteiger partial charge in [0.1, 0.15) is 0 Å². The molecule has 0 radical (unpaired) electrons. The number of fused-ring (bicyclic) bond motifs is 6. The second-order valence-electron chi connectivity index (χ2n) is 7.45. The van der Waals surface area contributed by atoms with E-state index >= 15 is 0 Å². The van der Waals surface area contributed by atoms with Gasteiger partial charge in [-0.15, -0.1) is 0 Å². The van der Waals surface area contributed by atoms with Crippen molar-refractivity contribution in [3.8, 4) is 0 Å². The molecule has 0 N–H and O–H groups in total. The Labute approximate surface area is 177 Å². The maximum Gasteiger partial charge on any atom is -0.00930 e. The van der Waals surface area contributed by atoms with Crippen LogP contribution in [0.4, 0.5) is 0 Å². The van der Waals surface area contributed by atoms with E-state index in [4.69, 9.17) is 0 Å². The maximum absolute atomic E-state index is 3.87. The van der Waals surface area contributed by atoms with Gasteiger partial charge in [-0.25, -0.2) is 0 Å². The van der Waals surface area contributed by atoms with E-state index in [0.29, 0.717) is 0 Å². The van der Waals surface area contributed by atoms with Crippen LogP contribution in [-0.4, -0.2) is 0 Å². The van der Waals surface area contributed by atoms with Crippen LogP contribution in [0.2, 0.25) is 0 Å². The van der Waals surface area contributed by atoms with Crippen molar-refractivity contribution in [3.05, 3.63) is 133 Å². The van der Waals surface area contributed by atoms with Gasteiger partial charge in [0.05, 0.1) is 0 Å². The van der Waals surface area contributed by atoms with Gasteiger partial charge in [-0.05, 0) is 55.1 Å². The van der Waals surface area contributed by atoms with E-state index in [1.165, 1.54) is 43.4 Å². The highest BCUT2D eigenvalue weighted by molar-refractivity contribution is 6.25. The molecule has 5 aromatic rings. The molecule has 0 saturated carbocycles. The third kappa shape index (κ3) is 3.23. The molecule has 0 heteroatoms. The molecule has 0 aliphatic heterocycles. The number of rotatable bonds is 4. The van der Waals surface area contributed by atoms with Crippen LogP contribution in [0, 0.1) is 0 Å². The van der Waals surface area contributed by atoms with Crippen LogP contribution < -0.4 is 0 Å². The van der Waals surface area contributed by atoms with Crippen LogP contribution in [0.5, 0.6) is 0 Å². The van der Waals surface area contributed by atoms with Crippen molar-refractivity contribution in [2.24, 2.45) is 0 Å². The normalized spacial score (nSPS) is 12.2. The molecule has 0 unspecified atom stereocenters. The first kappa shape index (κ1) is 18.1. The number of hydrogen-bond acceptors (Lipinski definition) is 0. The van der Waals surface area contributed by atoms with E-state index in [1.54, 1.807) is 0 Å². The summed E-state index contributed by atoms with van der Waals surface area (Å²) in [6, 6.07) is 34.6. The topological polar surface area (TPSA) is 0 Å². The Hall–Kier alpha value is -3.90. The molecule has 0 atom stereocenters. The molecule has 0 heterocycles. The Morgan fingerprint density at radius 3 is 1.70 bits per heavy atom. The zero-order chi connectivity index (χ0) is 20.3. The minimum absolute atomic E-state index is 1.15. The van der Waals surface area contributed by atoms with Crippen LogP contribution in [0.25, 0.3) is 44.0 Å². The average Bonchev–Trinajstić information content (AvgIpc) is 2.82. The van der Waals surface area contributed by atoms with Gasteiger partial charge in [0.2, 0.25) is 0 Å². The molecule has 0 aliphatic rings. The predicted molar refractivity (Wildman–Crippen MR) is 133 cm³/mol. The largest absolute Gasteiger partial charge is 0.0990 e. The van der Waals surface area contributed by atoms with Gasteiger partial charge in [0.25, 0.3) is 0 Å². The van der Waals surface area contributed by atoms with Crippen molar-refractivity contribution >= 4 is 44.0 Å². The lowest BCUT2D eigenvalue weighted by molar-refractivity contribution is 1.62. The lowest BCUT2D eigenvalue weighted by atomic mass is 9.93. The molecular formula is C30H22. The second kappa shape index (κ2) is 7.85. The van der Waals surface area contributed by atoms with Gasteiger partial charge in [-0.2, -0.15) is 0 Å². The van der Waals surface area contributed by atoms with Crippen LogP contribution in [0.3, 0.4) is 0 Å². The summed E-state index contributed by atoms with van der Waals surface area (Å²) in [6.45, 7) is 3.87. The molecule has 0 nitrogen and oxygen atoms in total. The van der Waals surface area contributed by atoms with E-state index in [-0.39, 0.29) is 0 Å². The van der Waals surface area contributed by atoms with Crippen molar-refractivity contribution in [1.29, 1.82) is 0 Å². The molecular weight excluding hydrogens is 360 g/mol. The average molecular weight is 383 g/mol. The van der Waals surface area contributed by atoms with Gasteiger partial charge in [0, 0.05) is 0 Å². The summed E-state index contributed by atoms with van der Waals surface area (Å²) < 4.78 is 0. The van der Waals surface area contributed by atoms with Crippen LogP contribution in [0.15, 0.2) is 122 Å². The number of hydrogen-bond donors (Lipinski definition) is 0. The van der Waals surface area contributed by atoms with Crippen molar-refractivity contribution in [2.75, 3.05) is 0 Å². The Kier molecular flexibility index (Phi) is 4.75. The van der Waals surface area contributed by atoms with Crippen molar-refractivity contribution in [2.45, 2.75) is 0 Å². The second-order valence-corrected chi connectivity index (χ2v) is 7.45. The molecule has 0 bridgehead atoms. The smallest absolute Gasteiger partial charge is 0.00930 e. The maximum atomic E-state index is 3.87. The monoisotopic (exact) mass is 382 g/mol. The van der Waals surface area contributed by atoms with Crippen LogP contribution in [0.1, 0.15) is 11.1 Å². The van der Waals surface area contributed by atoms with Gasteiger partial charge >= 0.3 is 0 Å². The molecule has 5 aromatic carbocycles. The van der Waals surface area contributed by atoms with E-state index in [2.05, 4.69) is 116 Å². The van der Waals surface area contributed by atoms with Gasteiger partial charge in [-0.1, -0.05) is 122 Å². The fraction of sp³-hybridized carbons (Fsp3) is 0. The first-order chi connectivity index (χ1) is 14.8. The highest BCUT2D eigenvalue weighted by Gasteiger charge is 2.08. The number of allylic oxidation sites excluding steroid dienone is 4. The van der Waals surface area contributed by atoms with E-state index < -0.39 is 0 Å². The lowest BCUT2D eigenvalue weighted by Crippen LogP contribution is -1.84.